The summed E-state index contributed by atoms with van der Waals surface area (Å²) in [7, 11) is 0. The minimum Gasteiger partial charge on any atom is -0.309 e. The summed E-state index contributed by atoms with van der Waals surface area (Å²) in [6, 6.07) is 73.6. The Morgan fingerprint density at radius 1 is 0.286 bits per heavy atom. The van der Waals surface area contributed by atoms with Gasteiger partial charge in [-0.3, -0.25) is 4.57 Å². The molecule has 3 heterocycles. The molecule has 0 saturated heterocycles. The fourth-order valence-corrected chi connectivity index (χ4v) is 9.90. The molecule has 0 saturated carbocycles. The van der Waals surface area contributed by atoms with E-state index >= 15 is 0 Å². The van der Waals surface area contributed by atoms with E-state index < -0.39 is 0 Å². The van der Waals surface area contributed by atoms with E-state index in [1.54, 1.807) is 12.1 Å². The van der Waals surface area contributed by atoms with E-state index in [1.165, 1.54) is 21.8 Å². The largest absolute Gasteiger partial charge is 0.309 e. The molecule has 4 nitrogen and oxygen atoms in total. The van der Waals surface area contributed by atoms with Gasteiger partial charge in [-0.2, -0.15) is 0 Å². The molecule has 13 aromatic rings. The standard InChI is InChI=1S/C58H35FN4/c59-40-26-29-45-49-32-39(24-27-44(49)42-17-7-8-18-43(42)50(45)34-40)53-35-52(36-13-3-1-4-14-36)60-58(61-53)63-55-22-12-9-19-46(55)48-28-23-38(33-57(48)63)37-25-30-56-51(31-37)47-20-10-11-21-54(47)62(56)41-15-5-2-6-16-41/h1-35H. The molecule has 0 fully saturated rings. The monoisotopic (exact) mass is 806 g/mol. The molecule has 0 aliphatic carbocycles. The number of nitrogens with zero attached hydrogens (tertiary/aromatic N) is 4. The number of benzene rings is 10. The lowest BCUT2D eigenvalue weighted by Gasteiger charge is -2.14. The molecule has 0 bridgehead atoms. The molecule has 0 N–H and O–H groups in total. The Kier molecular flexibility index (Phi) is 7.75. The number of para-hydroxylation sites is 3. The van der Waals surface area contributed by atoms with Crippen LogP contribution in [0.25, 0.3) is 121 Å². The van der Waals surface area contributed by atoms with Gasteiger partial charge in [0, 0.05) is 38.4 Å². The van der Waals surface area contributed by atoms with E-state index in [9.17, 15) is 4.39 Å². The van der Waals surface area contributed by atoms with E-state index in [4.69, 9.17) is 9.97 Å². The van der Waals surface area contributed by atoms with Crippen molar-refractivity contribution in [3.05, 3.63) is 218 Å². The molecule has 294 valence electrons. The Hall–Kier alpha value is -8.41. The third kappa shape index (κ3) is 5.53. The van der Waals surface area contributed by atoms with Gasteiger partial charge in [0.15, 0.2) is 0 Å². The Morgan fingerprint density at radius 3 is 1.54 bits per heavy atom. The van der Waals surface area contributed by atoms with Crippen molar-refractivity contribution in [2.45, 2.75) is 0 Å². The number of halogens is 1. The van der Waals surface area contributed by atoms with E-state index in [-0.39, 0.29) is 5.82 Å². The van der Waals surface area contributed by atoms with Crippen molar-refractivity contribution in [3.63, 3.8) is 0 Å². The summed E-state index contributed by atoms with van der Waals surface area (Å²) in [5.41, 5.74) is 11.3. The van der Waals surface area contributed by atoms with Crippen LogP contribution in [0.4, 0.5) is 4.39 Å². The lowest BCUT2D eigenvalue weighted by molar-refractivity contribution is 0.630. The summed E-state index contributed by atoms with van der Waals surface area (Å²) >= 11 is 0. The topological polar surface area (TPSA) is 35.6 Å². The van der Waals surface area contributed by atoms with E-state index in [1.807, 2.05) is 36.4 Å². The third-order valence-electron chi connectivity index (χ3n) is 12.8. The smallest absolute Gasteiger partial charge is 0.235 e. The first-order valence-electron chi connectivity index (χ1n) is 21.3. The summed E-state index contributed by atoms with van der Waals surface area (Å²) in [6.45, 7) is 0. The summed E-state index contributed by atoms with van der Waals surface area (Å²) in [4.78, 5) is 10.8. The van der Waals surface area contributed by atoms with Crippen LogP contribution in [0, 0.1) is 5.82 Å². The normalized spacial score (nSPS) is 11.9. The number of hydrogen-bond acceptors (Lipinski definition) is 2. The average Bonchev–Trinajstić information content (AvgIpc) is 3.86. The van der Waals surface area contributed by atoms with Gasteiger partial charge < -0.3 is 4.57 Å². The summed E-state index contributed by atoms with van der Waals surface area (Å²) in [5.74, 6) is 0.336. The Balaban J connectivity index is 1.03. The van der Waals surface area contributed by atoms with Crippen LogP contribution in [0.1, 0.15) is 0 Å². The molecule has 63 heavy (non-hydrogen) atoms. The molecular formula is C58H35FN4. The first-order chi connectivity index (χ1) is 31.1. The molecule has 0 aliphatic heterocycles. The predicted octanol–water partition coefficient (Wildman–Crippen LogP) is 15.3. The van der Waals surface area contributed by atoms with Gasteiger partial charge in [-0.1, -0.05) is 146 Å². The third-order valence-corrected chi connectivity index (χ3v) is 12.8. The van der Waals surface area contributed by atoms with Crippen LogP contribution in [-0.4, -0.2) is 19.1 Å². The SMILES string of the molecule is Fc1ccc2c(c1)c1ccccc1c1ccc(-c3cc(-c4ccccc4)nc(-n4c5ccccc5c5ccc(-c6ccc7c(c6)c6ccccc6n7-c6ccccc6)cc54)n3)cc12. The quantitative estimate of drug-likeness (QED) is 0.162. The molecule has 5 heteroatoms. The molecule has 0 amide bonds. The highest BCUT2D eigenvalue weighted by atomic mass is 19.1. The van der Waals surface area contributed by atoms with Crippen molar-refractivity contribution in [2.24, 2.45) is 0 Å². The van der Waals surface area contributed by atoms with Crippen LogP contribution in [-0.2, 0) is 0 Å². The molecule has 10 aromatic carbocycles. The minimum absolute atomic E-state index is 0.248. The van der Waals surface area contributed by atoms with Gasteiger partial charge >= 0.3 is 0 Å². The van der Waals surface area contributed by atoms with Crippen molar-refractivity contribution >= 4 is 75.9 Å². The highest BCUT2D eigenvalue weighted by Crippen LogP contribution is 2.40. The second-order valence-electron chi connectivity index (χ2n) is 16.3. The van der Waals surface area contributed by atoms with Crippen molar-refractivity contribution in [1.82, 2.24) is 19.1 Å². The molecule has 0 aliphatic rings. The van der Waals surface area contributed by atoms with Gasteiger partial charge in [-0.25, -0.2) is 14.4 Å². The van der Waals surface area contributed by atoms with Gasteiger partial charge in [0.2, 0.25) is 5.95 Å². The van der Waals surface area contributed by atoms with E-state index in [2.05, 4.69) is 173 Å². The predicted molar refractivity (Wildman–Crippen MR) is 259 cm³/mol. The zero-order valence-corrected chi connectivity index (χ0v) is 33.9. The number of fused-ring (bicyclic) bond motifs is 12. The molecule has 3 aromatic heterocycles. The van der Waals surface area contributed by atoms with Crippen LogP contribution in [0.2, 0.25) is 0 Å². The molecule has 0 radical (unpaired) electrons. The van der Waals surface area contributed by atoms with E-state index in [0.29, 0.717) is 5.95 Å². The van der Waals surface area contributed by atoms with Gasteiger partial charge in [0.05, 0.1) is 33.5 Å². The zero-order valence-electron chi connectivity index (χ0n) is 33.9. The van der Waals surface area contributed by atoms with Crippen LogP contribution in [0.15, 0.2) is 212 Å². The van der Waals surface area contributed by atoms with Gasteiger partial charge in [-0.05, 0) is 110 Å². The second-order valence-corrected chi connectivity index (χ2v) is 16.3. The van der Waals surface area contributed by atoms with Gasteiger partial charge in [0.1, 0.15) is 5.82 Å². The fraction of sp³-hybridized carbons (Fsp3) is 0. The van der Waals surface area contributed by atoms with Crippen molar-refractivity contribution in [1.29, 1.82) is 0 Å². The first kappa shape index (κ1) is 35.4. The van der Waals surface area contributed by atoms with Crippen molar-refractivity contribution < 1.29 is 4.39 Å². The highest BCUT2D eigenvalue weighted by Gasteiger charge is 2.20. The Labute approximate surface area is 361 Å². The highest BCUT2D eigenvalue weighted by molar-refractivity contribution is 6.25. The molecule has 0 spiro atoms. The van der Waals surface area contributed by atoms with Crippen LogP contribution in [0.3, 0.4) is 0 Å². The average molecular weight is 807 g/mol. The molecule has 0 unspecified atom stereocenters. The Bertz CT molecular complexity index is 3980. The van der Waals surface area contributed by atoms with Crippen LogP contribution >= 0.6 is 0 Å². The minimum atomic E-state index is -0.248. The number of hydrogen-bond donors (Lipinski definition) is 0. The van der Waals surface area contributed by atoms with Crippen LogP contribution in [0.5, 0.6) is 0 Å². The lowest BCUT2D eigenvalue weighted by atomic mass is 9.92. The maximum atomic E-state index is 14.8. The maximum absolute atomic E-state index is 14.8. The molecule has 13 rings (SSSR count). The first-order valence-corrected chi connectivity index (χ1v) is 21.3. The fourth-order valence-electron chi connectivity index (χ4n) is 9.90. The lowest BCUT2D eigenvalue weighted by Crippen LogP contribution is -2.04. The van der Waals surface area contributed by atoms with Crippen molar-refractivity contribution in [3.8, 4) is 45.3 Å². The number of aromatic nitrogens is 4. The maximum Gasteiger partial charge on any atom is 0.235 e. The summed E-state index contributed by atoms with van der Waals surface area (Å²) in [5, 5.41) is 10.9. The molecule has 0 atom stereocenters. The van der Waals surface area contributed by atoms with Crippen molar-refractivity contribution in [2.75, 3.05) is 0 Å². The zero-order chi connectivity index (χ0) is 41.6. The van der Waals surface area contributed by atoms with Crippen LogP contribution < -0.4 is 0 Å². The number of rotatable bonds is 5. The van der Waals surface area contributed by atoms with Gasteiger partial charge in [-0.15, -0.1) is 0 Å². The Morgan fingerprint density at radius 2 is 0.762 bits per heavy atom. The van der Waals surface area contributed by atoms with E-state index in [0.717, 1.165) is 93.5 Å². The summed E-state index contributed by atoms with van der Waals surface area (Å²) < 4.78 is 19.4. The molecular weight excluding hydrogens is 772 g/mol. The summed E-state index contributed by atoms with van der Waals surface area (Å²) in [6.07, 6.45) is 0. The second kappa shape index (κ2) is 13.8. The van der Waals surface area contributed by atoms with Gasteiger partial charge in [0.25, 0.3) is 0 Å².